The van der Waals surface area contributed by atoms with Gasteiger partial charge in [-0.25, -0.2) is 4.39 Å². The van der Waals surface area contributed by atoms with Crippen molar-refractivity contribution < 1.29 is 9.13 Å². The van der Waals surface area contributed by atoms with Gasteiger partial charge in [-0.05, 0) is 49.1 Å². The lowest BCUT2D eigenvalue weighted by atomic mass is 9.98. The van der Waals surface area contributed by atoms with Gasteiger partial charge in [0.15, 0.2) is 0 Å². The number of ether oxygens (including phenoxy) is 1. The fourth-order valence-corrected chi connectivity index (χ4v) is 3.99. The largest absolute Gasteiger partial charge is 0.497 e. The van der Waals surface area contributed by atoms with E-state index in [0.29, 0.717) is 11.7 Å². The molecule has 1 N–H and O–H groups in total. The fourth-order valence-electron chi connectivity index (χ4n) is 3.99. The second-order valence-electron chi connectivity index (χ2n) is 7.00. The topological polar surface area (TPSA) is 48.3 Å². The quantitative estimate of drug-likeness (QED) is 0.881. The van der Waals surface area contributed by atoms with Crippen LogP contribution in [-0.2, 0) is 0 Å². The standard InChI is InChI=1S/C21H22FN3O/c1-26-16-5-2-4-14(12-16)21-20(10-11-25(21)15-8-9-15)24-19-7-3-6-18(22)17(19)13-23/h2-7,12,15,20-21,24H,8-11H2,1H3. The van der Waals surface area contributed by atoms with Gasteiger partial charge in [0.25, 0.3) is 0 Å². The van der Waals surface area contributed by atoms with Crippen LogP contribution in [0.4, 0.5) is 10.1 Å². The number of nitrogens with zero attached hydrogens (tertiary/aromatic N) is 2. The number of nitriles is 1. The van der Waals surface area contributed by atoms with E-state index in [9.17, 15) is 9.65 Å². The molecule has 0 aromatic heterocycles. The number of benzene rings is 2. The van der Waals surface area contributed by atoms with Crippen LogP contribution in [0.25, 0.3) is 0 Å². The molecule has 2 fully saturated rings. The summed E-state index contributed by atoms with van der Waals surface area (Å²) in [6, 6.07) is 15.8. The molecule has 5 heteroatoms. The number of halogens is 1. The Balaban J connectivity index is 1.66. The van der Waals surface area contributed by atoms with E-state index in [1.54, 1.807) is 19.2 Å². The van der Waals surface area contributed by atoms with Crippen LogP contribution in [-0.4, -0.2) is 30.6 Å². The van der Waals surface area contributed by atoms with Crippen LogP contribution in [0, 0.1) is 17.1 Å². The first-order chi connectivity index (χ1) is 12.7. The van der Waals surface area contributed by atoms with E-state index in [4.69, 9.17) is 4.74 Å². The molecule has 0 amide bonds. The Labute approximate surface area is 153 Å². The fraction of sp³-hybridized carbons (Fsp3) is 0.381. The second kappa shape index (κ2) is 6.97. The number of methoxy groups -OCH3 is 1. The maximum absolute atomic E-state index is 14.0. The van der Waals surface area contributed by atoms with Gasteiger partial charge in [0.1, 0.15) is 23.2 Å². The van der Waals surface area contributed by atoms with E-state index in [2.05, 4.69) is 22.3 Å². The Morgan fingerprint density at radius 3 is 2.73 bits per heavy atom. The monoisotopic (exact) mass is 351 g/mol. The summed E-state index contributed by atoms with van der Waals surface area (Å²) < 4.78 is 19.4. The molecule has 26 heavy (non-hydrogen) atoms. The Morgan fingerprint density at radius 1 is 1.19 bits per heavy atom. The molecular formula is C21H22FN3O. The van der Waals surface area contributed by atoms with Crippen LogP contribution >= 0.6 is 0 Å². The third kappa shape index (κ3) is 3.13. The molecule has 2 aliphatic rings. The molecule has 2 aromatic rings. The van der Waals surface area contributed by atoms with Gasteiger partial charge >= 0.3 is 0 Å². The Bertz CT molecular complexity index is 843. The minimum atomic E-state index is -0.479. The lowest BCUT2D eigenvalue weighted by Gasteiger charge is -2.30. The highest BCUT2D eigenvalue weighted by molar-refractivity contribution is 5.59. The molecule has 4 rings (SSSR count). The molecule has 0 spiro atoms. The molecule has 1 aliphatic heterocycles. The predicted octanol–water partition coefficient (Wildman–Crippen LogP) is 4.10. The Kier molecular flexibility index (Phi) is 4.52. The predicted molar refractivity (Wildman–Crippen MR) is 98.6 cm³/mol. The van der Waals surface area contributed by atoms with Crippen molar-refractivity contribution in [2.24, 2.45) is 0 Å². The summed E-state index contributed by atoms with van der Waals surface area (Å²) in [5.41, 5.74) is 1.85. The van der Waals surface area contributed by atoms with Crippen molar-refractivity contribution >= 4 is 5.69 Å². The lowest BCUT2D eigenvalue weighted by molar-refractivity contribution is 0.240. The molecule has 1 aliphatic carbocycles. The van der Waals surface area contributed by atoms with Crippen molar-refractivity contribution in [3.05, 3.63) is 59.4 Å². The molecule has 1 saturated heterocycles. The van der Waals surface area contributed by atoms with Gasteiger partial charge < -0.3 is 10.1 Å². The molecule has 1 heterocycles. The van der Waals surface area contributed by atoms with Gasteiger partial charge in [0, 0.05) is 18.6 Å². The normalized spacial score (nSPS) is 22.8. The average molecular weight is 351 g/mol. The van der Waals surface area contributed by atoms with E-state index in [-0.39, 0.29) is 17.6 Å². The summed E-state index contributed by atoms with van der Waals surface area (Å²) in [4.78, 5) is 2.54. The van der Waals surface area contributed by atoms with Crippen LogP contribution in [0.1, 0.15) is 36.4 Å². The minimum Gasteiger partial charge on any atom is -0.497 e. The van der Waals surface area contributed by atoms with Crippen molar-refractivity contribution in [1.29, 1.82) is 5.26 Å². The smallest absolute Gasteiger partial charge is 0.143 e. The van der Waals surface area contributed by atoms with Crippen LogP contribution in [0.5, 0.6) is 5.75 Å². The van der Waals surface area contributed by atoms with Crippen LogP contribution in [0.3, 0.4) is 0 Å². The number of hydrogen-bond acceptors (Lipinski definition) is 4. The van der Waals surface area contributed by atoms with Crippen LogP contribution < -0.4 is 10.1 Å². The van der Waals surface area contributed by atoms with Gasteiger partial charge in [0.05, 0.1) is 18.8 Å². The highest BCUT2D eigenvalue weighted by Gasteiger charge is 2.43. The van der Waals surface area contributed by atoms with Gasteiger partial charge in [-0.1, -0.05) is 18.2 Å². The van der Waals surface area contributed by atoms with E-state index in [1.165, 1.54) is 24.5 Å². The summed E-state index contributed by atoms with van der Waals surface area (Å²) in [7, 11) is 1.67. The maximum Gasteiger partial charge on any atom is 0.143 e. The molecular weight excluding hydrogens is 329 g/mol. The SMILES string of the molecule is COc1cccc(C2C(Nc3cccc(F)c3C#N)CCN2C2CC2)c1. The number of nitrogens with one attached hydrogen (secondary N) is 1. The summed E-state index contributed by atoms with van der Waals surface area (Å²) >= 11 is 0. The highest BCUT2D eigenvalue weighted by Crippen LogP contribution is 2.42. The van der Waals surface area contributed by atoms with Gasteiger partial charge in [-0.15, -0.1) is 0 Å². The van der Waals surface area contributed by atoms with E-state index in [1.807, 2.05) is 18.2 Å². The molecule has 4 nitrogen and oxygen atoms in total. The lowest BCUT2D eigenvalue weighted by Crippen LogP contribution is -2.33. The van der Waals surface area contributed by atoms with Gasteiger partial charge in [-0.3, -0.25) is 4.90 Å². The summed E-state index contributed by atoms with van der Waals surface area (Å²) in [5, 5.41) is 12.8. The molecule has 0 bridgehead atoms. The Morgan fingerprint density at radius 2 is 2.00 bits per heavy atom. The minimum absolute atomic E-state index is 0.0850. The zero-order valence-corrected chi connectivity index (χ0v) is 14.8. The van der Waals surface area contributed by atoms with Crippen molar-refractivity contribution in [2.45, 2.75) is 37.4 Å². The molecule has 2 unspecified atom stereocenters. The summed E-state index contributed by atoms with van der Waals surface area (Å²) in [5.74, 6) is 0.361. The molecule has 1 saturated carbocycles. The van der Waals surface area contributed by atoms with Gasteiger partial charge in [0.2, 0.25) is 0 Å². The second-order valence-corrected chi connectivity index (χ2v) is 7.00. The maximum atomic E-state index is 14.0. The average Bonchev–Trinajstić information content (AvgIpc) is 3.42. The third-order valence-corrected chi connectivity index (χ3v) is 5.35. The first-order valence-corrected chi connectivity index (χ1v) is 9.06. The summed E-state index contributed by atoms with van der Waals surface area (Å²) in [6.45, 7) is 1.00. The van der Waals surface area contributed by atoms with Crippen molar-refractivity contribution in [2.75, 3.05) is 19.0 Å². The third-order valence-electron chi connectivity index (χ3n) is 5.35. The van der Waals surface area contributed by atoms with Gasteiger partial charge in [-0.2, -0.15) is 5.26 Å². The zero-order valence-electron chi connectivity index (χ0n) is 14.8. The van der Waals surface area contributed by atoms with E-state index in [0.717, 1.165) is 18.7 Å². The molecule has 134 valence electrons. The van der Waals surface area contributed by atoms with E-state index < -0.39 is 5.82 Å². The van der Waals surface area contributed by atoms with Crippen molar-refractivity contribution in [1.82, 2.24) is 4.90 Å². The number of rotatable bonds is 5. The first-order valence-electron chi connectivity index (χ1n) is 9.06. The van der Waals surface area contributed by atoms with Crippen LogP contribution in [0.15, 0.2) is 42.5 Å². The molecule has 2 atom stereocenters. The molecule has 0 radical (unpaired) electrons. The van der Waals surface area contributed by atoms with Crippen molar-refractivity contribution in [3.8, 4) is 11.8 Å². The van der Waals surface area contributed by atoms with E-state index >= 15 is 0 Å². The number of anilines is 1. The Hall–Kier alpha value is -2.58. The van der Waals surface area contributed by atoms with Crippen molar-refractivity contribution in [3.63, 3.8) is 0 Å². The summed E-state index contributed by atoms with van der Waals surface area (Å²) in [6.07, 6.45) is 3.42. The molecule has 2 aromatic carbocycles. The first kappa shape index (κ1) is 16.9. The number of likely N-dealkylation sites (tertiary alicyclic amines) is 1. The zero-order chi connectivity index (χ0) is 18.1. The number of hydrogen-bond donors (Lipinski definition) is 1. The van der Waals surface area contributed by atoms with Crippen LogP contribution in [0.2, 0.25) is 0 Å². The highest BCUT2D eigenvalue weighted by atomic mass is 19.1.